The maximum atomic E-state index is 5.96. The third-order valence-electron chi connectivity index (χ3n) is 2.73. The normalized spacial score (nSPS) is 15.7. The molecule has 1 aromatic heterocycles. The van der Waals surface area contributed by atoms with Gasteiger partial charge in [0, 0.05) is 6.61 Å². The van der Waals surface area contributed by atoms with Gasteiger partial charge in [0.1, 0.15) is 6.10 Å². The Hall–Kier alpha value is -0.940. The lowest BCUT2D eigenvalue weighted by atomic mass is 9.88. The van der Waals surface area contributed by atoms with Gasteiger partial charge in [-0.25, -0.2) is 0 Å². The van der Waals surface area contributed by atoms with Gasteiger partial charge in [-0.1, -0.05) is 39.3 Å². The molecule has 0 aromatic carbocycles. The zero-order chi connectivity index (χ0) is 13.8. The number of nitrogens with zero attached hydrogens (tertiary/aromatic N) is 2. The summed E-state index contributed by atoms with van der Waals surface area (Å²) in [5.74, 6) is 1.09. The van der Waals surface area contributed by atoms with Gasteiger partial charge in [-0.15, -0.1) is 0 Å². The number of rotatable bonds is 6. The van der Waals surface area contributed by atoms with Crippen LogP contribution in [0.2, 0.25) is 0 Å². The quantitative estimate of drug-likeness (QED) is 0.845. The van der Waals surface area contributed by atoms with Gasteiger partial charge in [-0.3, -0.25) is 0 Å². The predicted molar refractivity (Wildman–Crippen MR) is 70.0 cm³/mol. The molecule has 18 heavy (non-hydrogen) atoms. The van der Waals surface area contributed by atoms with Crippen LogP contribution in [0.1, 0.15) is 71.3 Å². The molecule has 0 fully saturated rings. The van der Waals surface area contributed by atoms with Gasteiger partial charge in [0.2, 0.25) is 11.7 Å². The fourth-order valence-electron chi connectivity index (χ4n) is 1.82. The van der Waals surface area contributed by atoms with Crippen LogP contribution in [0.4, 0.5) is 0 Å². The first kappa shape index (κ1) is 15.1. The Labute approximate surface area is 109 Å². The minimum absolute atomic E-state index is 0.0774. The molecule has 0 aliphatic carbocycles. The number of ether oxygens (including phenoxy) is 1. The topological polar surface area (TPSA) is 74.2 Å². The van der Waals surface area contributed by atoms with Crippen LogP contribution >= 0.6 is 0 Å². The van der Waals surface area contributed by atoms with E-state index in [0.717, 1.165) is 12.8 Å². The molecule has 1 rings (SSSR count). The van der Waals surface area contributed by atoms with E-state index in [1.807, 2.05) is 6.92 Å². The lowest BCUT2D eigenvalue weighted by molar-refractivity contribution is -0.0203. The molecule has 0 saturated carbocycles. The Morgan fingerprint density at radius 2 is 2.00 bits per heavy atom. The third-order valence-corrected chi connectivity index (χ3v) is 2.73. The summed E-state index contributed by atoms with van der Waals surface area (Å²) in [4.78, 5) is 4.39. The van der Waals surface area contributed by atoms with E-state index in [1.54, 1.807) is 0 Å². The predicted octanol–water partition coefficient (Wildman–Crippen LogP) is 2.99. The molecule has 0 bridgehead atoms. The molecule has 2 atom stereocenters. The molecule has 2 N–H and O–H groups in total. The van der Waals surface area contributed by atoms with Crippen LogP contribution < -0.4 is 5.73 Å². The molecule has 0 radical (unpaired) electrons. The molecular weight excluding hydrogens is 230 g/mol. The average Bonchev–Trinajstić information content (AvgIpc) is 2.73. The van der Waals surface area contributed by atoms with Crippen molar-refractivity contribution in [2.24, 2.45) is 11.1 Å². The molecule has 0 spiro atoms. The molecule has 0 aliphatic heterocycles. The molecule has 0 amide bonds. The number of hydrogen-bond acceptors (Lipinski definition) is 5. The fourth-order valence-corrected chi connectivity index (χ4v) is 1.82. The zero-order valence-electron chi connectivity index (χ0n) is 12.1. The molecule has 5 heteroatoms. The summed E-state index contributed by atoms with van der Waals surface area (Å²) < 4.78 is 11.0. The first-order valence-corrected chi connectivity index (χ1v) is 6.60. The molecule has 1 aromatic rings. The highest BCUT2D eigenvalue weighted by Gasteiger charge is 2.31. The van der Waals surface area contributed by atoms with Crippen molar-refractivity contribution < 1.29 is 9.26 Å². The first-order chi connectivity index (χ1) is 8.40. The summed E-state index contributed by atoms with van der Waals surface area (Å²) >= 11 is 0. The minimum Gasteiger partial charge on any atom is -0.370 e. The summed E-state index contributed by atoms with van der Waals surface area (Å²) in [5.41, 5.74) is 5.89. The number of aromatic nitrogens is 2. The molecule has 104 valence electrons. The van der Waals surface area contributed by atoms with Crippen LogP contribution in [0.15, 0.2) is 4.52 Å². The van der Waals surface area contributed by atoms with Crippen molar-refractivity contribution in [2.75, 3.05) is 6.61 Å². The van der Waals surface area contributed by atoms with Gasteiger partial charge in [0.25, 0.3) is 0 Å². The van der Waals surface area contributed by atoms with Gasteiger partial charge in [0.05, 0.1) is 6.04 Å². The zero-order valence-corrected chi connectivity index (χ0v) is 12.1. The average molecular weight is 255 g/mol. The maximum Gasteiger partial charge on any atom is 0.243 e. The van der Waals surface area contributed by atoms with Gasteiger partial charge < -0.3 is 15.0 Å². The van der Waals surface area contributed by atoms with Crippen molar-refractivity contribution in [2.45, 2.75) is 59.6 Å². The monoisotopic (exact) mass is 255 g/mol. The highest BCUT2D eigenvalue weighted by molar-refractivity contribution is 4.98. The molecule has 0 saturated heterocycles. The molecule has 1 unspecified atom stereocenters. The Morgan fingerprint density at radius 1 is 1.33 bits per heavy atom. The van der Waals surface area contributed by atoms with Crippen LogP contribution in [0.25, 0.3) is 0 Å². The van der Waals surface area contributed by atoms with Crippen molar-refractivity contribution in [1.29, 1.82) is 0 Å². The van der Waals surface area contributed by atoms with E-state index in [-0.39, 0.29) is 17.6 Å². The van der Waals surface area contributed by atoms with Crippen molar-refractivity contribution in [3.63, 3.8) is 0 Å². The standard InChI is InChI=1S/C13H25N3O2/c1-6-8-9(14)12-15-11(16-18-12)10(17-7-2)13(3,4)5/h9-10H,6-8,14H2,1-5H3/t9-,10?/m0/s1. The van der Waals surface area contributed by atoms with Crippen LogP contribution in [-0.4, -0.2) is 16.7 Å². The van der Waals surface area contributed by atoms with Crippen LogP contribution in [0, 0.1) is 5.41 Å². The second-order valence-corrected chi connectivity index (χ2v) is 5.59. The van der Waals surface area contributed by atoms with E-state index >= 15 is 0 Å². The van der Waals surface area contributed by atoms with Crippen molar-refractivity contribution in [1.82, 2.24) is 10.1 Å². The molecule has 5 nitrogen and oxygen atoms in total. The SMILES string of the molecule is CCC[C@H](N)c1nc(C(OCC)C(C)(C)C)no1. The summed E-state index contributed by atoms with van der Waals surface area (Å²) in [7, 11) is 0. The lowest BCUT2D eigenvalue weighted by Gasteiger charge is -2.27. The summed E-state index contributed by atoms with van der Waals surface area (Å²) in [6.07, 6.45) is 1.66. The van der Waals surface area contributed by atoms with Crippen molar-refractivity contribution in [3.05, 3.63) is 11.7 Å². The molecule has 0 aliphatic rings. The van der Waals surface area contributed by atoms with Crippen molar-refractivity contribution in [3.8, 4) is 0 Å². The summed E-state index contributed by atoms with van der Waals surface area (Å²) in [6, 6.07) is -0.182. The largest absolute Gasteiger partial charge is 0.370 e. The molecule has 1 heterocycles. The highest BCUT2D eigenvalue weighted by atomic mass is 16.5. The smallest absolute Gasteiger partial charge is 0.243 e. The van der Waals surface area contributed by atoms with Crippen LogP contribution in [0.3, 0.4) is 0 Å². The van der Waals surface area contributed by atoms with E-state index in [1.165, 1.54) is 0 Å². The van der Waals surface area contributed by atoms with E-state index in [9.17, 15) is 0 Å². The van der Waals surface area contributed by atoms with E-state index in [4.69, 9.17) is 15.0 Å². The van der Waals surface area contributed by atoms with Crippen molar-refractivity contribution >= 4 is 0 Å². The lowest BCUT2D eigenvalue weighted by Crippen LogP contribution is -2.22. The number of nitrogens with two attached hydrogens (primary N) is 1. The third kappa shape index (κ3) is 3.78. The summed E-state index contributed by atoms with van der Waals surface area (Å²) in [6.45, 7) is 10.9. The van der Waals surface area contributed by atoms with E-state index in [2.05, 4.69) is 37.8 Å². The minimum atomic E-state index is -0.182. The fraction of sp³-hybridized carbons (Fsp3) is 0.846. The highest BCUT2D eigenvalue weighted by Crippen LogP contribution is 2.34. The van der Waals surface area contributed by atoms with Crippen LogP contribution in [0.5, 0.6) is 0 Å². The van der Waals surface area contributed by atoms with Gasteiger partial charge in [0.15, 0.2) is 0 Å². The van der Waals surface area contributed by atoms with Gasteiger partial charge in [-0.2, -0.15) is 4.98 Å². The Bertz CT molecular complexity index is 357. The Kier molecular flexibility index (Phi) is 5.28. The first-order valence-electron chi connectivity index (χ1n) is 6.60. The second-order valence-electron chi connectivity index (χ2n) is 5.59. The maximum absolute atomic E-state index is 5.96. The van der Waals surface area contributed by atoms with E-state index in [0.29, 0.717) is 18.3 Å². The Balaban J connectivity index is 2.87. The van der Waals surface area contributed by atoms with Gasteiger partial charge >= 0.3 is 0 Å². The molecular formula is C13H25N3O2. The Morgan fingerprint density at radius 3 is 2.50 bits per heavy atom. The van der Waals surface area contributed by atoms with Crippen LogP contribution in [-0.2, 0) is 4.74 Å². The second kappa shape index (κ2) is 6.29. The van der Waals surface area contributed by atoms with Gasteiger partial charge in [-0.05, 0) is 18.8 Å². The summed E-state index contributed by atoms with van der Waals surface area (Å²) in [5, 5.41) is 4.01. The number of hydrogen-bond donors (Lipinski definition) is 1. The van der Waals surface area contributed by atoms with E-state index < -0.39 is 0 Å².